The van der Waals surface area contributed by atoms with Gasteiger partial charge in [-0.3, -0.25) is 4.79 Å². The van der Waals surface area contributed by atoms with Crippen LogP contribution in [-0.2, 0) is 0 Å². The summed E-state index contributed by atoms with van der Waals surface area (Å²) in [6, 6.07) is 24.9. The highest BCUT2D eigenvalue weighted by Crippen LogP contribution is 2.28. The summed E-state index contributed by atoms with van der Waals surface area (Å²) in [4.78, 5) is 14.6. The van der Waals surface area contributed by atoms with E-state index in [9.17, 15) is 4.79 Å². The van der Waals surface area contributed by atoms with Crippen LogP contribution in [0.25, 0.3) is 0 Å². The number of carbonyl (C=O) groups excluding carboxylic acids is 1. The molecule has 3 rings (SSSR count). The molecule has 3 aromatic rings. The summed E-state index contributed by atoms with van der Waals surface area (Å²) in [6.07, 6.45) is 0. The lowest BCUT2D eigenvalue weighted by Crippen LogP contribution is -2.29. The van der Waals surface area contributed by atoms with Crippen molar-refractivity contribution in [1.82, 2.24) is 4.90 Å². The van der Waals surface area contributed by atoms with Gasteiger partial charge in [-0.1, -0.05) is 48.2 Å². The highest BCUT2D eigenvalue weighted by atomic mass is 16.5. The van der Waals surface area contributed by atoms with Gasteiger partial charge in [-0.25, -0.2) is 0 Å². The Kier molecular flexibility index (Phi) is 6.14. The second-order valence-corrected chi connectivity index (χ2v) is 6.53. The number of hydrogen-bond donors (Lipinski definition) is 0. The van der Waals surface area contributed by atoms with Crippen molar-refractivity contribution in [2.24, 2.45) is 0 Å². The van der Waals surface area contributed by atoms with E-state index in [1.165, 1.54) is 0 Å². The number of ether oxygens (including phenoxy) is 1. The highest BCUT2D eigenvalue weighted by molar-refractivity contribution is 5.94. The van der Waals surface area contributed by atoms with Gasteiger partial charge in [0.2, 0.25) is 0 Å². The number of nitrogens with zero attached hydrogens (tertiary/aromatic N) is 1. The minimum absolute atomic E-state index is 0.0408. The number of para-hydroxylation sites is 1. The first-order valence-electron chi connectivity index (χ1n) is 9.17. The van der Waals surface area contributed by atoms with Crippen LogP contribution in [0.1, 0.15) is 40.0 Å². The first kappa shape index (κ1) is 19.3. The number of amides is 1. The Morgan fingerprint density at radius 3 is 2.07 bits per heavy atom. The van der Waals surface area contributed by atoms with E-state index in [1.54, 1.807) is 12.0 Å². The predicted octanol–water partition coefficient (Wildman–Crippen LogP) is 4.93. The molecule has 1 unspecified atom stereocenters. The van der Waals surface area contributed by atoms with Gasteiger partial charge in [0.15, 0.2) is 0 Å². The van der Waals surface area contributed by atoms with E-state index in [2.05, 4.69) is 11.8 Å². The average molecular weight is 369 g/mol. The van der Waals surface area contributed by atoms with Crippen LogP contribution in [0.2, 0.25) is 0 Å². The van der Waals surface area contributed by atoms with Crippen LogP contribution >= 0.6 is 0 Å². The van der Waals surface area contributed by atoms with E-state index in [1.807, 2.05) is 92.8 Å². The van der Waals surface area contributed by atoms with Crippen molar-refractivity contribution < 1.29 is 9.53 Å². The van der Waals surface area contributed by atoms with Crippen LogP contribution < -0.4 is 4.74 Å². The van der Waals surface area contributed by atoms with Crippen LogP contribution in [0.5, 0.6) is 5.75 Å². The molecule has 0 bridgehead atoms. The van der Waals surface area contributed by atoms with E-state index >= 15 is 0 Å². The number of hydrogen-bond acceptors (Lipinski definition) is 2. The van der Waals surface area contributed by atoms with Gasteiger partial charge in [0.05, 0.1) is 13.2 Å². The van der Waals surface area contributed by atoms with Crippen LogP contribution in [0, 0.1) is 11.8 Å². The summed E-state index contributed by atoms with van der Waals surface area (Å²) in [7, 11) is 3.45. The molecule has 1 atom stereocenters. The van der Waals surface area contributed by atoms with E-state index in [-0.39, 0.29) is 11.9 Å². The summed E-state index contributed by atoms with van der Waals surface area (Å²) in [5.41, 5.74) is 3.45. The Morgan fingerprint density at radius 1 is 0.857 bits per heavy atom. The van der Waals surface area contributed by atoms with Crippen LogP contribution in [0.3, 0.4) is 0 Å². The molecular weight excluding hydrogens is 346 g/mol. The molecule has 0 aliphatic heterocycles. The summed E-state index contributed by atoms with van der Waals surface area (Å²) in [6.45, 7) is 2.00. The molecule has 3 aromatic carbocycles. The zero-order chi connectivity index (χ0) is 19.9. The van der Waals surface area contributed by atoms with E-state index in [0.717, 1.165) is 22.4 Å². The molecular formula is C25H23NO2. The maximum atomic E-state index is 12.9. The van der Waals surface area contributed by atoms with Gasteiger partial charge in [0, 0.05) is 29.3 Å². The minimum Gasteiger partial charge on any atom is -0.496 e. The van der Waals surface area contributed by atoms with Crippen LogP contribution in [0.4, 0.5) is 0 Å². The Morgan fingerprint density at radius 2 is 1.43 bits per heavy atom. The lowest BCUT2D eigenvalue weighted by molar-refractivity contribution is 0.0741. The lowest BCUT2D eigenvalue weighted by atomic mass is 10.0. The third kappa shape index (κ3) is 4.42. The Bertz CT molecular complexity index is 998. The SMILES string of the molecule is COc1ccccc1C(C)N(C)C(=O)c1ccc(C#Cc2ccccc2)cc1. The fourth-order valence-electron chi connectivity index (χ4n) is 2.96. The predicted molar refractivity (Wildman–Crippen MR) is 112 cm³/mol. The van der Waals surface area contributed by atoms with Gasteiger partial charge in [-0.15, -0.1) is 0 Å². The summed E-state index contributed by atoms with van der Waals surface area (Å²) in [5.74, 6) is 6.99. The van der Waals surface area contributed by atoms with Crippen molar-refractivity contribution in [3.8, 4) is 17.6 Å². The molecule has 0 aliphatic rings. The maximum absolute atomic E-state index is 12.9. The van der Waals surface area contributed by atoms with Crippen molar-refractivity contribution in [3.63, 3.8) is 0 Å². The van der Waals surface area contributed by atoms with Crippen molar-refractivity contribution in [3.05, 3.63) is 101 Å². The Balaban J connectivity index is 1.74. The normalized spacial score (nSPS) is 11.1. The quantitative estimate of drug-likeness (QED) is 0.611. The smallest absolute Gasteiger partial charge is 0.254 e. The molecule has 0 saturated heterocycles. The number of carbonyl (C=O) groups is 1. The molecule has 0 N–H and O–H groups in total. The fraction of sp³-hybridized carbons (Fsp3) is 0.160. The molecule has 0 aliphatic carbocycles. The van der Waals surface area contributed by atoms with Crippen LogP contribution in [0.15, 0.2) is 78.9 Å². The molecule has 0 radical (unpaired) electrons. The third-order valence-electron chi connectivity index (χ3n) is 4.75. The number of methoxy groups -OCH3 is 1. The number of benzene rings is 3. The standard InChI is InChI=1S/C25H23NO2/c1-19(23-11-7-8-12-24(23)28-3)26(2)25(27)22-17-15-21(16-18-22)14-13-20-9-5-4-6-10-20/h4-12,15-19H,1-3H3. The van der Waals surface area contributed by atoms with Crippen LogP contribution in [-0.4, -0.2) is 25.0 Å². The molecule has 140 valence electrons. The zero-order valence-corrected chi connectivity index (χ0v) is 16.3. The van der Waals surface area contributed by atoms with Gasteiger partial charge in [0.25, 0.3) is 5.91 Å². The second kappa shape index (κ2) is 8.92. The zero-order valence-electron chi connectivity index (χ0n) is 16.3. The molecule has 1 amide bonds. The second-order valence-electron chi connectivity index (χ2n) is 6.53. The number of rotatable bonds is 4. The van der Waals surface area contributed by atoms with E-state index < -0.39 is 0 Å². The first-order valence-corrected chi connectivity index (χ1v) is 9.17. The molecule has 3 nitrogen and oxygen atoms in total. The highest BCUT2D eigenvalue weighted by Gasteiger charge is 2.21. The molecule has 0 heterocycles. The Labute approximate surface area is 166 Å². The summed E-state index contributed by atoms with van der Waals surface area (Å²) >= 11 is 0. The van der Waals surface area contributed by atoms with Crippen molar-refractivity contribution >= 4 is 5.91 Å². The summed E-state index contributed by atoms with van der Waals surface area (Å²) in [5, 5.41) is 0. The molecule has 28 heavy (non-hydrogen) atoms. The monoisotopic (exact) mass is 369 g/mol. The van der Waals surface area contributed by atoms with Crippen molar-refractivity contribution in [2.75, 3.05) is 14.2 Å². The van der Waals surface area contributed by atoms with Gasteiger partial charge >= 0.3 is 0 Å². The van der Waals surface area contributed by atoms with Gasteiger partial charge in [-0.2, -0.15) is 0 Å². The third-order valence-corrected chi connectivity index (χ3v) is 4.75. The molecule has 0 spiro atoms. The average Bonchev–Trinajstić information content (AvgIpc) is 2.77. The largest absolute Gasteiger partial charge is 0.496 e. The van der Waals surface area contributed by atoms with Gasteiger partial charge in [0.1, 0.15) is 5.75 Å². The van der Waals surface area contributed by atoms with Crippen molar-refractivity contribution in [2.45, 2.75) is 13.0 Å². The molecule has 0 aromatic heterocycles. The van der Waals surface area contributed by atoms with Crippen molar-refractivity contribution in [1.29, 1.82) is 0 Å². The maximum Gasteiger partial charge on any atom is 0.254 e. The minimum atomic E-state index is -0.110. The molecule has 0 fully saturated rings. The molecule has 3 heteroatoms. The first-order chi connectivity index (χ1) is 13.6. The summed E-state index contributed by atoms with van der Waals surface area (Å²) < 4.78 is 5.43. The lowest BCUT2D eigenvalue weighted by Gasteiger charge is -2.26. The van der Waals surface area contributed by atoms with Gasteiger partial charge in [-0.05, 0) is 49.4 Å². The van der Waals surface area contributed by atoms with E-state index in [0.29, 0.717) is 5.56 Å². The fourth-order valence-corrected chi connectivity index (χ4v) is 2.96. The topological polar surface area (TPSA) is 29.5 Å². The molecule has 0 saturated carbocycles. The Hall–Kier alpha value is -3.51. The van der Waals surface area contributed by atoms with E-state index in [4.69, 9.17) is 4.74 Å². The van der Waals surface area contributed by atoms with Gasteiger partial charge < -0.3 is 9.64 Å².